The molecule has 0 aliphatic heterocycles. The number of benzene rings is 1. The number of fused-ring (bicyclic) bond motifs is 1. The van der Waals surface area contributed by atoms with Gasteiger partial charge in [-0.15, -0.1) is 0 Å². The predicted molar refractivity (Wildman–Crippen MR) is 191 cm³/mol. The quantitative estimate of drug-likeness (QED) is 0.0375. The maximum atomic E-state index is 13.4. The molecule has 0 fully saturated rings. The number of hydrogen-bond donors (Lipinski definition) is 2. The lowest BCUT2D eigenvalue weighted by Gasteiger charge is -2.16. The Hall–Kier alpha value is -2.71. The number of ether oxygens (including phenoxy) is 1. The summed E-state index contributed by atoms with van der Waals surface area (Å²) in [6.45, 7) is 6.81. The summed E-state index contributed by atoms with van der Waals surface area (Å²) in [7, 11) is -3.94. The Morgan fingerprint density at radius 1 is 0.854 bits per heavy atom. The van der Waals surface area contributed by atoms with Crippen molar-refractivity contribution in [1.29, 1.82) is 0 Å². The third-order valence-corrected chi connectivity index (χ3v) is 10.7. The molecule has 0 bridgehead atoms. The van der Waals surface area contributed by atoms with Crippen LogP contribution < -0.4 is 15.4 Å². The Morgan fingerprint density at radius 2 is 1.52 bits per heavy atom. The molecule has 0 spiro atoms. The molecule has 2 N–H and O–H groups in total. The summed E-state index contributed by atoms with van der Waals surface area (Å²) < 4.78 is 37.2. The van der Waals surface area contributed by atoms with E-state index in [0.717, 1.165) is 23.7 Å². The van der Waals surface area contributed by atoms with Gasteiger partial charge in [-0.1, -0.05) is 116 Å². The number of pyridine rings is 1. The Morgan fingerprint density at radius 3 is 2.25 bits per heavy atom. The number of aliphatic hydroxyl groups excluding tert-OH is 1. The lowest BCUT2D eigenvalue weighted by atomic mass is 9.93. The number of rotatable bonds is 26. The number of carbonyl (C=O) groups is 1. The molecule has 48 heavy (non-hydrogen) atoms. The van der Waals surface area contributed by atoms with E-state index in [4.69, 9.17) is 18.2 Å². The van der Waals surface area contributed by atoms with E-state index in [1.165, 1.54) is 83.1 Å². The van der Waals surface area contributed by atoms with Gasteiger partial charge in [-0.25, -0.2) is 4.79 Å². The van der Waals surface area contributed by atoms with Gasteiger partial charge in [-0.2, -0.15) is 4.57 Å². The van der Waals surface area contributed by atoms with Gasteiger partial charge in [0.15, 0.2) is 26.1 Å². The van der Waals surface area contributed by atoms with Gasteiger partial charge < -0.3 is 19.6 Å². The number of furan rings is 1. The van der Waals surface area contributed by atoms with Gasteiger partial charge in [0.25, 0.3) is 0 Å². The zero-order valence-electron chi connectivity index (χ0n) is 29.6. The Kier molecular flexibility index (Phi) is 18.9. The van der Waals surface area contributed by atoms with Crippen molar-refractivity contribution >= 4 is 30.1 Å². The number of aromatic nitrogens is 1. The van der Waals surface area contributed by atoms with E-state index in [9.17, 15) is 14.5 Å². The molecule has 1 amide bonds. The summed E-state index contributed by atoms with van der Waals surface area (Å²) in [6.07, 6.45) is 20.0. The normalized spacial score (nSPS) is 14.1. The molecule has 3 rings (SSSR count). The van der Waals surface area contributed by atoms with E-state index in [1.54, 1.807) is 6.07 Å². The van der Waals surface area contributed by atoms with Crippen molar-refractivity contribution in [3.63, 3.8) is 0 Å². The lowest BCUT2D eigenvalue weighted by Crippen LogP contribution is -2.36. The average Bonchev–Trinajstić information content (AvgIpc) is 3.58. The van der Waals surface area contributed by atoms with Gasteiger partial charge >= 0.3 is 13.7 Å². The molecule has 2 aromatic heterocycles. The molecule has 3 aromatic rings. The number of hydrogen-bond acceptors (Lipinski definition) is 7. The Balaban J connectivity index is 1.28. The summed E-state index contributed by atoms with van der Waals surface area (Å²) in [4.78, 5) is 12.3. The molecule has 10 heteroatoms. The van der Waals surface area contributed by atoms with Gasteiger partial charge in [-0.3, -0.25) is 13.6 Å². The highest BCUT2D eigenvalue weighted by atomic mass is 31.2. The van der Waals surface area contributed by atoms with E-state index >= 15 is 0 Å². The highest BCUT2D eigenvalue weighted by molar-refractivity contribution is 7.61. The Bertz CT molecular complexity index is 1360. The summed E-state index contributed by atoms with van der Waals surface area (Å²) in [6, 6.07) is 14.9. The maximum Gasteiger partial charge on any atom is 0.407 e. The number of nitrogens with one attached hydrogen (secondary N) is 1. The second-order valence-electron chi connectivity index (χ2n) is 13.2. The molecule has 3 atom stereocenters. The average molecular weight is 688 g/mol. The highest BCUT2D eigenvalue weighted by Gasteiger charge is 2.32. The zero-order valence-corrected chi connectivity index (χ0v) is 30.5. The number of alkyl carbamates (subject to hydrolysis) is 1. The zero-order chi connectivity index (χ0) is 34.5. The minimum Gasteiger partial charge on any atom is -0.449 e. The van der Waals surface area contributed by atoms with Gasteiger partial charge in [-0.05, 0) is 42.5 Å². The smallest absolute Gasteiger partial charge is 0.407 e. The first-order valence-electron chi connectivity index (χ1n) is 18.2. The van der Waals surface area contributed by atoms with Crippen molar-refractivity contribution in [2.75, 3.05) is 19.9 Å². The highest BCUT2D eigenvalue weighted by Crippen LogP contribution is 2.47. The molecule has 3 unspecified atom stereocenters. The van der Waals surface area contributed by atoms with Crippen molar-refractivity contribution in [2.45, 2.75) is 124 Å². The van der Waals surface area contributed by atoms with Gasteiger partial charge in [0.2, 0.25) is 11.0 Å². The van der Waals surface area contributed by atoms with Crippen LogP contribution in [0.15, 0.2) is 59.1 Å². The van der Waals surface area contributed by atoms with Gasteiger partial charge in [0.1, 0.15) is 12.4 Å². The number of amides is 1. The summed E-state index contributed by atoms with van der Waals surface area (Å²) in [5.41, 5.74) is 0.949. The second kappa shape index (κ2) is 22.8. The maximum absolute atomic E-state index is 13.4. The van der Waals surface area contributed by atoms with Crippen LogP contribution in [0.3, 0.4) is 0 Å². The molecular weight excluding hydrogens is 627 g/mol. The molecule has 9 nitrogen and oxygen atoms in total. The summed E-state index contributed by atoms with van der Waals surface area (Å²) >= 11 is 0. The fourth-order valence-corrected chi connectivity index (χ4v) is 7.21. The number of nitrogens with zero attached hydrogens (tertiary/aromatic N) is 1. The fraction of sp³-hybridized carbons (Fsp3) is 0.632. The molecule has 1 aromatic carbocycles. The molecule has 268 valence electrons. The number of unbranched alkanes of at least 4 members (excludes halogenated alkanes) is 10. The molecule has 0 saturated carbocycles. The van der Waals surface area contributed by atoms with Crippen LogP contribution in [0.25, 0.3) is 10.9 Å². The van der Waals surface area contributed by atoms with Crippen LogP contribution in [-0.2, 0) is 31.5 Å². The van der Waals surface area contributed by atoms with Crippen molar-refractivity contribution in [2.24, 2.45) is 11.8 Å². The fourth-order valence-electron chi connectivity index (χ4n) is 5.92. The minimum absolute atomic E-state index is 0.0568. The van der Waals surface area contributed by atoms with Crippen molar-refractivity contribution in [1.82, 2.24) is 5.32 Å². The first kappa shape index (κ1) is 39.7. The molecule has 2 heterocycles. The topological polar surface area (TPSA) is 111 Å². The standard InChI is InChI=1S/C38H59N2O7P/c1-4-5-6-7-8-9-10-11-12-13-14-18-32(2)22-23-33(3)29-39-38(42)44-30-35-24-25-37(47-35)48(43,46-31-41)45-28-27-40-26-17-20-34-19-15-16-21-36(34)40/h15-17,19-21,24-26,32-33,41H,4-14,18,22-23,27-31H2,1-3H3/p+1. The summed E-state index contributed by atoms with van der Waals surface area (Å²) in [5, 5.41) is 13.3. The minimum atomic E-state index is -3.94. The molecule has 0 radical (unpaired) electrons. The SMILES string of the molecule is CCCCCCCCCCCCCC(C)CCC(C)CNC(=O)OCc1ccc(P(=O)(OCO)OCC[n+]2cccc3ccccc32)o1. The number of carbonyl (C=O) groups excluding carboxylic acids is 1. The third-order valence-electron chi connectivity index (χ3n) is 8.92. The van der Waals surface area contributed by atoms with Crippen LogP contribution >= 0.6 is 7.60 Å². The third kappa shape index (κ3) is 14.8. The van der Waals surface area contributed by atoms with E-state index in [-0.39, 0.29) is 18.7 Å². The summed E-state index contributed by atoms with van der Waals surface area (Å²) in [5.74, 6) is 1.33. The molecular formula is C38H60N2O7P+. The van der Waals surface area contributed by atoms with Crippen LogP contribution in [0, 0.1) is 11.8 Å². The lowest BCUT2D eigenvalue weighted by molar-refractivity contribution is -0.672. The molecule has 0 aliphatic carbocycles. The molecule has 0 saturated heterocycles. The predicted octanol–water partition coefficient (Wildman–Crippen LogP) is 9.20. The van der Waals surface area contributed by atoms with Gasteiger partial charge in [0, 0.05) is 24.1 Å². The van der Waals surface area contributed by atoms with E-state index in [2.05, 4.69) is 26.1 Å². The van der Waals surface area contributed by atoms with Crippen molar-refractivity contribution < 1.29 is 37.2 Å². The van der Waals surface area contributed by atoms with Crippen LogP contribution in [0.5, 0.6) is 0 Å². The molecule has 0 aliphatic rings. The van der Waals surface area contributed by atoms with Crippen molar-refractivity contribution in [3.05, 3.63) is 60.5 Å². The first-order valence-corrected chi connectivity index (χ1v) is 19.8. The van der Waals surface area contributed by atoms with Crippen LogP contribution in [0.1, 0.15) is 116 Å². The van der Waals surface area contributed by atoms with E-state index in [0.29, 0.717) is 30.7 Å². The largest absolute Gasteiger partial charge is 0.449 e. The monoisotopic (exact) mass is 687 g/mol. The second-order valence-corrected chi connectivity index (χ2v) is 15.1. The number of aliphatic hydroxyl groups is 1. The van der Waals surface area contributed by atoms with Crippen LogP contribution in [-0.4, -0.2) is 31.1 Å². The van der Waals surface area contributed by atoms with E-state index in [1.807, 2.05) is 47.2 Å². The van der Waals surface area contributed by atoms with E-state index < -0.39 is 20.5 Å². The van der Waals surface area contributed by atoms with Crippen LogP contribution in [0.4, 0.5) is 4.79 Å². The van der Waals surface area contributed by atoms with Gasteiger partial charge in [0.05, 0.1) is 0 Å². The number of para-hydroxylation sites is 1. The van der Waals surface area contributed by atoms with Crippen molar-refractivity contribution in [3.8, 4) is 0 Å². The first-order chi connectivity index (χ1) is 23.3. The Labute approximate surface area is 288 Å². The van der Waals surface area contributed by atoms with Crippen LogP contribution in [0.2, 0.25) is 0 Å².